The van der Waals surface area contributed by atoms with Gasteiger partial charge in [0.25, 0.3) is 5.56 Å². The minimum absolute atomic E-state index is 0.117. The van der Waals surface area contributed by atoms with E-state index in [1.807, 2.05) is 25.1 Å². The van der Waals surface area contributed by atoms with Crippen LogP contribution >= 0.6 is 0 Å². The fourth-order valence-electron chi connectivity index (χ4n) is 3.81. The van der Waals surface area contributed by atoms with Gasteiger partial charge in [-0.1, -0.05) is 43.7 Å². The van der Waals surface area contributed by atoms with Gasteiger partial charge in [-0.05, 0) is 43.5 Å². The fraction of sp³-hybridized carbons (Fsp3) is 0.333. The van der Waals surface area contributed by atoms with Crippen LogP contribution in [-0.2, 0) is 11.2 Å². The number of aryl methyl sites for hydroxylation is 1. The van der Waals surface area contributed by atoms with E-state index in [9.17, 15) is 19.5 Å². The van der Waals surface area contributed by atoms with E-state index in [2.05, 4.69) is 0 Å². The largest absolute Gasteiger partial charge is 0.465 e. The Bertz CT molecular complexity index is 1170. The third-order valence-corrected chi connectivity index (χ3v) is 5.50. The highest BCUT2D eigenvalue weighted by Crippen LogP contribution is 2.25. The molecule has 0 fully saturated rings. The Morgan fingerprint density at radius 1 is 1.16 bits per heavy atom. The summed E-state index contributed by atoms with van der Waals surface area (Å²) in [4.78, 5) is 43.1. The first-order valence-electron chi connectivity index (χ1n) is 10.7. The van der Waals surface area contributed by atoms with Gasteiger partial charge in [0.2, 0.25) is 5.91 Å². The smallest absolute Gasteiger partial charge is 0.407 e. The molecule has 0 saturated carbocycles. The molecule has 3 N–H and O–H groups in total. The molecule has 1 atom stereocenters. The first kappa shape index (κ1) is 23.0. The number of rotatable bonds is 9. The number of aromatic nitrogens is 2. The summed E-state index contributed by atoms with van der Waals surface area (Å²) in [7, 11) is 0. The van der Waals surface area contributed by atoms with E-state index in [1.165, 1.54) is 9.47 Å². The molecule has 168 valence electrons. The summed E-state index contributed by atoms with van der Waals surface area (Å²) in [5.41, 5.74) is 6.75. The van der Waals surface area contributed by atoms with E-state index in [-0.39, 0.29) is 12.0 Å². The third-order valence-electron chi connectivity index (χ3n) is 5.50. The van der Waals surface area contributed by atoms with E-state index in [4.69, 9.17) is 10.7 Å². The van der Waals surface area contributed by atoms with Crippen molar-refractivity contribution in [2.45, 2.75) is 45.6 Å². The van der Waals surface area contributed by atoms with Gasteiger partial charge in [-0.25, -0.2) is 9.78 Å². The lowest BCUT2D eigenvalue weighted by Gasteiger charge is -2.28. The fourth-order valence-corrected chi connectivity index (χ4v) is 3.81. The van der Waals surface area contributed by atoms with Gasteiger partial charge >= 0.3 is 6.09 Å². The average Bonchev–Trinajstić information content (AvgIpc) is 2.77. The second-order valence-electron chi connectivity index (χ2n) is 7.73. The molecule has 3 aromatic rings. The molecule has 0 aliphatic rings. The van der Waals surface area contributed by atoms with Gasteiger partial charge in [0.15, 0.2) is 0 Å². The first-order valence-corrected chi connectivity index (χ1v) is 10.7. The van der Waals surface area contributed by atoms with Crippen molar-refractivity contribution in [2.75, 3.05) is 6.54 Å². The molecule has 3 rings (SSSR count). The van der Waals surface area contributed by atoms with Gasteiger partial charge in [0, 0.05) is 13.0 Å². The molecule has 0 aliphatic carbocycles. The number of carbonyl (C=O) groups excluding carboxylic acids is 1. The molecule has 0 aliphatic heterocycles. The predicted octanol–water partition coefficient (Wildman–Crippen LogP) is 3.64. The number of hydrogen-bond acceptors (Lipinski definition) is 4. The van der Waals surface area contributed by atoms with Crippen molar-refractivity contribution in [2.24, 2.45) is 5.73 Å². The quantitative estimate of drug-likeness (QED) is 0.531. The number of hydrogen-bond donors (Lipinski definition) is 2. The van der Waals surface area contributed by atoms with Crippen molar-refractivity contribution >= 4 is 22.9 Å². The molecule has 8 heteroatoms. The van der Waals surface area contributed by atoms with E-state index < -0.39 is 18.0 Å². The Morgan fingerprint density at radius 2 is 1.88 bits per heavy atom. The molecular formula is C24H28N4O4. The second-order valence-corrected chi connectivity index (χ2v) is 7.73. The maximum absolute atomic E-state index is 13.8. The minimum Gasteiger partial charge on any atom is -0.465 e. The Morgan fingerprint density at radius 3 is 2.50 bits per heavy atom. The first-order chi connectivity index (χ1) is 15.3. The summed E-state index contributed by atoms with van der Waals surface area (Å²) in [5, 5.41) is 10.2. The Balaban J connectivity index is 2.27. The normalized spacial score (nSPS) is 11.9. The Labute approximate surface area is 186 Å². The number of nitrogens with two attached hydrogens (primary N) is 1. The number of para-hydroxylation sites is 1. The zero-order chi connectivity index (χ0) is 23.3. The molecule has 2 aromatic carbocycles. The van der Waals surface area contributed by atoms with Gasteiger partial charge in [-0.15, -0.1) is 0 Å². The number of benzene rings is 2. The van der Waals surface area contributed by atoms with Gasteiger partial charge in [0.1, 0.15) is 5.82 Å². The topological polar surface area (TPSA) is 119 Å². The molecule has 8 nitrogen and oxygen atoms in total. The highest BCUT2D eigenvalue weighted by molar-refractivity contribution is 5.83. The maximum atomic E-state index is 13.8. The minimum atomic E-state index is -1.06. The summed E-state index contributed by atoms with van der Waals surface area (Å²) in [6.45, 7) is 4.08. The van der Waals surface area contributed by atoms with E-state index in [1.54, 1.807) is 37.3 Å². The van der Waals surface area contributed by atoms with Crippen molar-refractivity contribution in [3.05, 3.63) is 70.3 Å². The van der Waals surface area contributed by atoms with Crippen LogP contribution in [0.4, 0.5) is 4.79 Å². The average molecular weight is 437 g/mol. The van der Waals surface area contributed by atoms with Crippen molar-refractivity contribution in [3.63, 3.8) is 0 Å². The Kier molecular flexibility index (Phi) is 7.25. The number of primary amides is 1. The maximum Gasteiger partial charge on any atom is 0.407 e. The van der Waals surface area contributed by atoms with Gasteiger partial charge in [-0.3, -0.25) is 19.1 Å². The van der Waals surface area contributed by atoms with E-state index >= 15 is 0 Å². The lowest BCUT2D eigenvalue weighted by Crippen LogP contribution is -2.37. The highest BCUT2D eigenvalue weighted by atomic mass is 16.4. The summed E-state index contributed by atoms with van der Waals surface area (Å²) in [6.07, 6.45) is 0.930. The Hall–Kier alpha value is -3.68. The predicted molar refractivity (Wildman–Crippen MR) is 123 cm³/mol. The third kappa shape index (κ3) is 4.80. The number of unbranched alkanes of at least 4 members (excludes halogenated alkanes) is 1. The summed E-state index contributed by atoms with van der Waals surface area (Å²) >= 11 is 0. The summed E-state index contributed by atoms with van der Waals surface area (Å²) < 4.78 is 1.47. The summed E-state index contributed by atoms with van der Waals surface area (Å²) in [6, 6.07) is 13.7. The zero-order valence-corrected chi connectivity index (χ0v) is 18.3. The molecule has 0 spiro atoms. The van der Waals surface area contributed by atoms with Gasteiger partial charge in [0.05, 0.1) is 22.6 Å². The lowest BCUT2D eigenvalue weighted by atomic mass is 10.0. The van der Waals surface area contributed by atoms with Crippen LogP contribution in [-0.4, -0.2) is 38.1 Å². The highest BCUT2D eigenvalue weighted by Gasteiger charge is 2.26. The second kappa shape index (κ2) is 10.1. The van der Waals surface area contributed by atoms with Crippen LogP contribution in [0, 0.1) is 0 Å². The van der Waals surface area contributed by atoms with Gasteiger partial charge < -0.3 is 10.8 Å². The van der Waals surface area contributed by atoms with Crippen LogP contribution in [0.3, 0.4) is 0 Å². The van der Waals surface area contributed by atoms with Crippen LogP contribution in [0.5, 0.6) is 0 Å². The van der Waals surface area contributed by atoms with Crippen molar-refractivity contribution < 1.29 is 14.7 Å². The van der Waals surface area contributed by atoms with E-state index in [0.29, 0.717) is 47.4 Å². The molecule has 0 radical (unpaired) electrons. The van der Waals surface area contributed by atoms with Crippen molar-refractivity contribution in [3.8, 4) is 5.69 Å². The number of carbonyl (C=O) groups is 2. The molecule has 1 unspecified atom stereocenters. The van der Waals surface area contributed by atoms with Crippen LogP contribution in [0.2, 0.25) is 0 Å². The van der Waals surface area contributed by atoms with Crippen molar-refractivity contribution in [1.29, 1.82) is 0 Å². The zero-order valence-electron chi connectivity index (χ0n) is 18.3. The van der Waals surface area contributed by atoms with Gasteiger partial charge in [-0.2, -0.15) is 0 Å². The number of nitrogens with zero attached hydrogens (tertiary/aromatic N) is 3. The summed E-state index contributed by atoms with van der Waals surface area (Å²) in [5.74, 6) is -0.101. The van der Waals surface area contributed by atoms with Crippen LogP contribution in [0.15, 0.2) is 53.3 Å². The molecule has 32 heavy (non-hydrogen) atoms. The number of carboxylic acid groups (broad SMARTS) is 1. The van der Waals surface area contributed by atoms with Crippen LogP contribution < -0.4 is 11.3 Å². The molecule has 1 aromatic heterocycles. The van der Waals surface area contributed by atoms with Crippen molar-refractivity contribution in [1.82, 2.24) is 14.5 Å². The number of fused-ring (bicyclic) bond motifs is 1. The van der Waals surface area contributed by atoms with Crippen LogP contribution in [0.1, 0.15) is 50.5 Å². The molecule has 2 amide bonds. The standard InChI is InChI=1S/C24H28N4O4/c1-3-4-15-27(24(31)32)16(2)22-26-19-12-8-9-17(13-14-20(25)29)21(19)23(30)28(22)18-10-6-5-7-11-18/h5-12,16H,3-4,13-15H2,1-2H3,(H2,25,29)(H,31,32). The molecule has 0 saturated heterocycles. The van der Waals surface area contributed by atoms with E-state index in [0.717, 1.165) is 6.42 Å². The van der Waals surface area contributed by atoms with Crippen LogP contribution in [0.25, 0.3) is 16.6 Å². The molecular weight excluding hydrogens is 408 g/mol. The molecule has 1 heterocycles. The lowest BCUT2D eigenvalue weighted by molar-refractivity contribution is -0.117. The monoisotopic (exact) mass is 436 g/mol. The number of amides is 2. The molecule has 0 bridgehead atoms. The SMILES string of the molecule is CCCCN(C(=O)O)C(C)c1nc2cccc(CCC(N)=O)c2c(=O)n1-c1ccccc1.